The van der Waals surface area contributed by atoms with Crippen LogP contribution in [0.5, 0.6) is 5.75 Å². The predicted octanol–water partition coefficient (Wildman–Crippen LogP) is 5.76. The number of hydrogen-bond donors (Lipinski definition) is 0. The first-order chi connectivity index (χ1) is 9.83. The molecule has 1 aromatic carbocycles. The van der Waals surface area contributed by atoms with Crippen molar-refractivity contribution >= 4 is 23.5 Å². The van der Waals surface area contributed by atoms with Crippen LogP contribution < -0.4 is 4.74 Å². The minimum absolute atomic E-state index is 0.619. The smallest absolute Gasteiger partial charge is 0.119 e. The van der Waals surface area contributed by atoms with Crippen molar-refractivity contribution < 1.29 is 4.74 Å². The Morgan fingerprint density at radius 3 is 2.35 bits per heavy atom. The number of ether oxygens (including phenoxy) is 1. The summed E-state index contributed by atoms with van der Waals surface area (Å²) in [4.78, 5) is 0. The molecular weight excluding hydrogens is 284 g/mol. The maximum atomic E-state index is 5.51. The van der Waals surface area contributed by atoms with Gasteiger partial charge < -0.3 is 4.74 Å². The van der Waals surface area contributed by atoms with Gasteiger partial charge in [-0.2, -0.15) is 0 Å². The molecule has 0 saturated carbocycles. The summed E-state index contributed by atoms with van der Waals surface area (Å²) in [7, 11) is 0. The average Bonchev–Trinajstić information content (AvgIpc) is 2.49. The molecule has 0 spiro atoms. The van der Waals surface area contributed by atoms with Gasteiger partial charge in [0, 0.05) is 0 Å². The van der Waals surface area contributed by atoms with Crippen molar-refractivity contribution in [1.29, 1.82) is 0 Å². The molecule has 0 N–H and O–H groups in total. The Hall–Kier alpha value is -0.280. The number of benzene rings is 1. The summed E-state index contributed by atoms with van der Waals surface area (Å²) in [5, 5.41) is 0. The summed E-state index contributed by atoms with van der Waals surface area (Å²) in [6, 6.07) is 8.67. The van der Waals surface area contributed by atoms with Crippen LogP contribution in [-0.2, 0) is 0 Å². The molecule has 0 amide bonds. The van der Waals surface area contributed by atoms with E-state index in [-0.39, 0.29) is 0 Å². The second kappa shape index (κ2) is 8.89. The fourth-order valence-corrected chi connectivity index (χ4v) is 5.64. The molecular formula is C17H26OS2. The number of unbranched alkanes of at least 4 members (excludes halogenated alkanes) is 2. The summed E-state index contributed by atoms with van der Waals surface area (Å²) < 4.78 is 6.13. The van der Waals surface area contributed by atoms with Crippen LogP contribution in [-0.4, -0.2) is 18.1 Å². The van der Waals surface area contributed by atoms with Gasteiger partial charge in [-0.3, -0.25) is 0 Å². The Labute approximate surface area is 132 Å². The van der Waals surface area contributed by atoms with Gasteiger partial charge in [0.25, 0.3) is 0 Å². The van der Waals surface area contributed by atoms with E-state index in [2.05, 4.69) is 54.7 Å². The van der Waals surface area contributed by atoms with Crippen LogP contribution in [0.4, 0.5) is 0 Å². The van der Waals surface area contributed by atoms with Gasteiger partial charge in [-0.1, -0.05) is 38.3 Å². The van der Waals surface area contributed by atoms with Crippen LogP contribution in [0.3, 0.4) is 0 Å². The van der Waals surface area contributed by atoms with Crippen LogP contribution in [0, 0.1) is 5.92 Å². The van der Waals surface area contributed by atoms with E-state index in [0.29, 0.717) is 4.58 Å². The molecule has 1 fully saturated rings. The second-order valence-corrected chi connectivity index (χ2v) is 7.94. The molecule has 0 radical (unpaired) electrons. The molecule has 0 aliphatic carbocycles. The summed E-state index contributed by atoms with van der Waals surface area (Å²) in [5.41, 5.74) is 1.44. The molecule has 2 rings (SSSR count). The van der Waals surface area contributed by atoms with E-state index in [9.17, 15) is 0 Å². The zero-order valence-corrected chi connectivity index (χ0v) is 14.3. The van der Waals surface area contributed by atoms with Gasteiger partial charge in [-0.25, -0.2) is 0 Å². The van der Waals surface area contributed by atoms with E-state index in [1.807, 2.05) is 6.92 Å². The normalized spacial score (nSPS) is 22.7. The minimum Gasteiger partial charge on any atom is -0.494 e. The Balaban J connectivity index is 1.78. The highest BCUT2D eigenvalue weighted by atomic mass is 32.2. The standard InChI is InChI=1S/C17H26OS2/c1-3-5-6-7-14-12-19-17(20-13-14)15-8-10-16(11-9-15)18-4-2/h8-11,14,17H,3-7,12-13H2,1-2H3. The molecule has 1 nitrogen and oxygen atoms in total. The fourth-order valence-electron chi connectivity index (χ4n) is 2.47. The predicted molar refractivity (Wildman–Crippen MR) is 92.9 cm³/mol. The van der Waals surface area contributed by atoms with Crippen LogP contribution in [0.15, 0.2) is 24.3 Å². The number of thioether (sulfide) groups is 2. The Bertz CT molecular complexity index is 369. The van der Waals surface area contributed by atoms with Crippen molar-refractivity contribution in [3.8, 4) is 5.75 Å². The molecule has 112 valence electrons. The van der Waals surface area contributed by atoms with E-state index >= 15 is 0 Å². The van der Waals surface area contributed by atoms with E-state index in [0.717, 1.165) is 18.3 Å². The van der Waals surface area contributed by atoms with Crippen LogP contribution in [0.25, 0.3) is 0 Å². The van der Waals surface area contributed by atoms with Gasteiger partial charge in [0.2, 0.25) is 0 Å². The molecule has 1 aliphatic heterocycles. The van der Waals surface area contributed by atoms with E-state index in [4.69, 9.17) is 4.74 Å². The zero-order chi connectivity index (χ0) is 14.2. The summed E-state index contributed by atoms with van der Waals surface area (Å²) >= 11 is 4.25. The van der Waals surface area contributed by atoms with Crippen LogP contribution in [0.2, 0.25) is 0 Å². The lowest BCUT2D eigenvalue weighted by Crippen LogP contribution is -2.14. The lowest BCUT2D eigenvalue weighted by atomic mass is 10.1. The van der Waals surface area contributed by atoms with Gasteiger partial charge in [-0.05, 0) is 48.5 Å². The third kappa shape index (κ3) is 4.92. The molecule has 1 saturated heterocycles. The molecule has 1 aliphatic rings. The maximum absolute atomic E-state index is 5.51. The quantitative estimate of drug-likeness (QED) is 0.592. The topological polar surface area (TPSA) is 9.23 Å². The molecule has 1 aromatic rings. The van der Waals surface area contributed by atoms with Crippen molar-refractivity contribution in [1.82, 2.24) is 0 Å². The van der Waals surface area contributed by atoms with Gasteiger partial charge in [0.05, 0.1) is 11.2 Å². The zero-order valence-electron chi connectivity index (χ0n) is 12.6. The molecule has 20 heavy (non-hydrogen) atoms. The van der Waals surface area contributed by atoms with Crippen molar-refractivity contribution in [2.75, 3.05) is 18.1 Å². The monoisotopic (exact) mass is 310 g/mol. The highest BCUT2D eigenvalue weighted by Gasteiger charge is 2.23. The Kier molecular flexibility index (Phi) is 7.15. The maximum Gasteiger partial charge on any atom is 0.119 e. The molecule has 0 bridgehead atoms. The van der Waals surface area contributed by atoms with Crippen LogP contribution in [0.1, 0.15) is 49.7 Å². The number of hydrogen-bond acceptors (Lipinski definition) is 3. The first kappa shape index (κ1) is 16.1. The van der Waals surface area contributed by atoms with E-state index in [1.165, 1.54) is 42.8 Å². The molecule has 3 heteroatoms. The Morgan fingerprint density at radius 1 is 1.05 bits per heavy atom. The third-order valence-corrected chi connectivity index (χ3v) is 6.94. The van der Waals surface area contributed by atoms with Crippen molar-refractivity contribution in [2.24, 2.45) is 5.92 Å². The van der Waals surface area contributed by atoms with Crippen LogP contribution >= 0.6 is 23.5 Å². The van der Waals surface area contributed by atoms with Gasteiger partial charge in [-0.15, -0.1) is 23.5 Å². The van der Waals surface area contributed by atoms with Gasteiger partial charge in [0.15, 0.2) is 0 Å². The molecule has 0 aromatic heterocycles. The first-order valence-electron chi connectivity index (χ1n) is 7.79. The van der Waals surface area contributed by atoms with E-state index in [1.54, 1.807) is 0 Å². The highest BCUT2D eigenvalue weighted by Crippen LogP contribution is 2.46. The third-order valence-electron chi connectivity index (χ3n) is 3.65. The SMILES string of the molecule is CCCCCC1CSC(c2ccc(OCC)cc2)SC1. The lowest BCUT2D eigenvalue weighted by Gasteiger charge is -2.28. The Morgan fingerprint density at radius 2 is 1.75 bits per heavy atom. The van der Waals surface area contributed by atoms with Gasteiger partial charge >= 0.3 is 0 Å². The van der Waals surface area contributed by atoms with Gasteiger partial charge in [0.1, 0.15) is 5.75 Å². The second-order valence-electron chi connectivity index (χ2n) is 5.36. The molecule has 0 unspecified atom stereocenters. The summed E-state index contributed by atoms with van der Waals surface area (Å²) in [6.07, 6.45) is 5.57. The van der Waals surface area contributed by atoms with Crippen molar-refractivity contribution in [3.63, 3.8) is 0 Å². The molecule has 1 heterocycles. The highest BCUT2D eigenvalue weighted by molar-refractivity contribution is 8.16. The van der Waals surface area contributed by atoms with Crippen molar-refractivity contribution in [3.05, 3.63) is 29.8 Å². The first-order valence-corrected chi connectivity index (χ1v) is 9.89. The minimum atomic E-state index is 0.619. The van der Waals surface area contributed by atoms with E-state index < -0.39 is 0 Å². The fraction of sp³-hybridized carbons (Fsp3) is 0.647. The van der Waals surface area contributed by atoms with Crippen molar-refractivity contribution in [2.45, 2.75) is 44.1 Å². The average molecular weight is 311 g/mol. The summed E-state index contributed by atoms with van der Waals surface area (Å²) in [5.74, 6) is 4.57. The molecule has 0 atom stereocenters. The largest absolute Gasteiger partial charge is 0.494 e. The summed E-state index contributed by atoms with van der Waals surface area (Å²) in [6.45, 7) is 5.05. The lowest BCUT2D eigenvalue weighted by molar-refractivity contribution is 0.340. The number of rotatable bonds is 7.